The lowest BCUT2D eigenvalue weighted by Crippen LogP contribution is -2.02. The number of aryl methyl sites for hydroxylation is 1. The summed E-state index contributed by atoms with van der Waals surface area (Å²) < 4.78 is 39.2. The SMILES string of the molecule is Cc1nn(-c2ccc3ccc(S(=O)(=O)O)cc3c2)c(N)c1N=Nc1nc2cc(SOOO)ccc2s1. The highest BCUT2D eigenvalue weighted by atomic mass is 32.2. The number of aromatic nitrogens is 3. The van der Waals surface area contributed by atoms with Crippen LogP contribution >= 0.6 is 23.4 Å². The molecule has 5 rings (SSSR count). The zero-order chi connectivity index (χ0) is 25.4. The van der Waals surface area contributed by atoms with Crippen LogP contribution in [0.1, 0.15) is 5.69 Å². The van der Waals surface area contributed by atoms with Crippen molar-refractivity contribution in [3.05, 3.63) is 60.3 Å². The summed E-state index contributed by atoms with van der Waals surface area (Å²) in [5.41, 5.74) is 8.48. The average Bonchev–Trinajstić information content (AvgIpc) is 3.39. The zero-order valence-corrected chi connectivity index (χ0v) is 20.7. The molecule has 2 aromatic heterocycles. The van der Waals surface area contributed by atoms with Crippen LogP contribution in [0, 0.1) is 6.92 Å². The van der Waals surface area contributed by atoms with Crippen molar-refractivity contribution >= 4 is 71.1 Å². The third-order valence-corrected chi connectivity index (χ3v) is 7.49. The summed E-state index contributed by atoms with van der Waals surface area (Å²) in [6, 6.07) is 15.0. The highest BCUT2D eigenvalue weighted by Crippen LogP contribution is 2.35. The number of anilines is 1. The third kappa shape index (κ3) is 4.80. The van der Waals surface area contributed by atoms with Crippen LogP contribution in [0.5, 0.6) is 0 Å². The number of rotatable bonds is 7. The minimum atomic E-state index is -4.34. The van der Waals surface area contributed by atoms with Gasteiger partial charge in [-0.15, -0.1) is 14.6 Å². The van der Waals surface area contributed by atoms with Crippen LogP contribution in [-0.2, 0) is 19.5 Å². The van der Waals surface area contributed by atoms with Crippen LogP contribution in [0.15, 0.2) is 74.6 Å². The lowest BCUT2D eigenvalue weighted by molar-refractivity contribution is -0.432. The Morgan fingerprint density at radius 2 is 1.89 bits per heavy atom. The standard InChI is InChI=1S/C21H16N6O6S3/c1-11-19(24-25-21-23-17-10-15(35-33-32-28)5-7-18(17)34-21)20(22)27(26-11)14-4-2-12-3-6-16(36(29,30)31)9-13(12)8-14/h2-10,28H,22H2,1H3,(H,29,30,31). The number of hydrogen-bond acceptors (Lipinski definition) is 12. The number of azo groups is 1. The van der Waals surface area contributed by atoms with Gasteiger partial charge in [0.15, 0.2) is 11.5 Å². The van der Waals surface area contributed by atoms with E-state index in [1.807, 2.05) is 6.07 Å². The monoisotopic (exact) mass is 544 g/mol. The molecule has 0 saturated carbocycles. The molecule has 12 nitrogen and oxygen atoms in total. The molecule has 0 amide bonds. The number of nitrogen functional groups attached to an aromatic ring is 1. The molecule has 184 valence electrons. The molecule has 0 fully saturated rings. The first kappa shape index (κ1) is 24.3. The highest BCUT2D eigenvalue weighted by molar-refractivity contribution is 7.94. The molecule has 3 aromatic carbocycles. The Hall–Kier alpha value is -3.44. The number of fused-ring (bicyclic) bond motifs is 2. The topological polar surface area (TPSA) is 175 Å². The Morgan fingerprint density at radius 3 is 2.67 bits per heavy atom. The Kier molecular flexibility index (Phi) is 6.44. The van der Waals surface area contributed by atoms with Crippen molar-refractivity contribution in [3.63, 3.8) is 0 Å². The van der Waals surface area contributed by atoms with Crippen molar-refractivity contribution in [3.8, 4) is 5.69 Å². The van der Waals surface area contributed by atoms with E-state index in [4.69, 9.17) is 11.0 Å². The number of thiazole rings is 1. The number of benzene rings is 3. The Bertz CT molecular complexity index is 1750. The van der Waals surface area contributed by atoms with Crippen molar-refractivity contribution in [2.24, 2.45) is 10.2 Å². The lowest BCUT2D eigenvalue weighted by atomic mass is 10.1. The largest absolute Gasteiger partial charge is 0.382 e. The molecule has 0 bridgehead atoms. The minimum absolute atomic E-state index is 0.206. The smallest absolute Gasteiger partial charge is 0.294 e. The maximum atomic E-state index is 11.5. The molecular weight excluding hydrogens is 528 g/mol. The van der Waals surface area contributed by atoms with Crippen molar-refractivity contribution < 1.29 is 27.6 Å². The molecular formula is C21H16N6O6S3. The molecule has 0 unspecified atom stereocenters. The van der Waals surface area contributed by atoms with Crippen LogP contribution in [0.2, 0.25) is 0 Å². The molecule has 2 heterocycles. The normalized spacial score (nSPS) is 12.3. The van der Waals surface area contributed by atoms with E-state index in [1.54, 1.807) is 43.3 Å². The van der Waals surface area contributed by atoms with Crippen LogP contribution in [0.3, 0.4) is 0 Å². The summed E-state index contributed by atoms with van der Waals surface area (Å²) in [5.74, 6) is 0.238. The highest BCUT2D eigenvalue weighted by Gasteiger charge is 2.16. The molecule has 0 aliphatic heterocycles. The quantitative estimate of drug-likeness (QED) is 0.0767. The Morgan fingerprint density at radius 1 is 1.08 bits per heavy atom. The first-order chi connectivity index (χ1) is 17.2. The van der Waals surface area contributed by atoms with Crippen LogP contribution in [0.4, 0.5) is 16.6 Å². The number of nitrogens with zero attached hydrogens (tertiary/aromatic N) is 5. The summed E-state index contributed by atoms with van der Waals surface area (Å²) in [6.07, 6.45) is 0. The second kappa shape index (κ2) is 9.55. The van der Waals surface area contributed by atoms with Crippen LogP contribution < -0.4 is 5.73 Å². The number of nitrogens with two attached hydrogens (primary N) is 1. The molecule has 0 saturated heterocycles. The van der Waals surface area contributed by atoms with Crippen LogP contribution in [-0.4, -0.2) is 33.0 Å². The van der Waals surface area contributed by atoms with Gasteiger partial charge < -0.3 is 5.73 Å². The van der Waals surface area contributed by atoms with Crippen molar-refractivity contribution in [1.29, 1.82) is 0 Å². The third-order valence-electron chi connectivity index (χ3n) is 5.15. The van der Waals surface area contributed by atoms with E-state index in [2.05, 4.69) is 29.7 Å². The summed E-state index contributed by atoms with van der Waals surface area (Å²) in [6.45, 7) is 1.74. The number of hydrogen-bond donors (Lipinski definition) is 3. The first-order valence-electron chi connectivity index (χ1n) is 10.1. The maximum absolute atomic E-state index is 11.5. The fourth-order valence-corrected chi connectivity index (χ4v) is 5.17. The molecule has 0 radical (unpaired) electrons. The molecule has 0 aliphatic carbocycles. The minimum Gasteiger partial charge on any atom is -0.382 e. The zero-order valence-electron chi connectivity index (χ0n) is 18.3. The predicted molar refractivity (Wildman–Crippen MR) is 134 cm³/mol. The van der Waals surface area contributed by atoms with E-state index in [0.717, 1.165) is 22.1 Å². The van der Waals surface area contributed by atoms with Gasteiger partial charge in [0.1, 0.15) is 0 Å². The second-order valence-electron chi connectivity index (χ2n) is 7.45. The summed E-state index contributed by atoms with van der Waals surface area (Å²) in [5, 5.41) is 26.6. The fraction of sp³-hybridized carbons (Fsp3) is 0.0476. The van der Waals surface area contributed by atoms with Gasteiger partial charge in [-0.25, -0.2) is 14.9 Å². The molecule has 5 aromatic rings. The van der Waals surface area contributed by atoms with Gasteiger partial charge in [-0.05, 0) is 60.2 Å². The Balaban J connectivity index is 1.46. The average molecular weight is 545 g/mol. The molecule has 0 atom stereocenters. The molecule has 4 N–H and O–H groups in total. The van der Waals surface area contributed by atoms with Gasteiger partial charge in [-0.3, -0.25) is 4.55 Å². The van der Waals surface area contributed by atoms with Gasteiger partial charge >= 0.3 is 0 Å². The predicted octanol–water partition coefficient (Wildman–Crippen LogP) is 5.62. The van der Waals surface area contributed by atoms with Gasteiger partial charge in [0, 0.05) is 4.90 Å². The van der Waals surface area contributed by atoms with Crippen molar-refractivity contribution in [1.82, 2.24) is 14.8 Å². The van der Waals surface area contributed by atoms with Crippen molar-refractivity contribution in [2.45, 2.75) is 16.7 Å². The molecule has 0 aliphatic rings. The van der Waals surface area contributed by atoms with E-state index in [-0.39, 0.29) is 10.7 Å². The van der Waals surface area contributed by atoms with Gasteiger partial charge in [0.05, 0.1) is 38.5 Å². The summed E-state index contributed by atoms with van der Waals surface area (Å²) >= 11 is 2.16. The lowest BCUT2D eigenvalue weighted by Gasteiger charge is -2.07. The maximum Gasteiger partial charge on any atom is 0.294 e. The van der Waals surface area contributed by atoms with E-state index < -0.39 is 10.1 Å². The van der Waals surface area contributed by atoms with E-state index in [0.29, 0.717) is 38.0 Å². The van der Waals surface area contributed by atoms with Gasteiger partial charge in [-0.2, -0.15) is 13.5 Å². The molecule has 0 spiro atoms. The first-order valence-corrected chi connectivity index (χ1v) is 13.1. The van der Waals surface area contributed by atoms with Gasteiger partial charge in [0.2, 0.25) is 5.13 Å². The molecule has 15 heteroatoms. The fourth-order valence-electron chi connectivity index (χ4n) is 3.50. The van der Waals surface area contributed by atoms with E-state index >= 15 is 0 Å². The summed E-state index contributed by atoms with van der Waals surface area (Å²) in [4.78, 5) is 4.90. The van der Waals surface area contributed by atoms with Gasteiger partial charge in [0.25, 0.3) is 10.1 Å². The molecule has 36 heavy (non-hydrogen) atoms. The van der Waals surface area contributed by atoms with Gasteiger partial charge in [-0.1, -0.05) is 28.5 Å². The van der Waals surface area contributed by atoms with E-state index in [1.165, 1.54) is 28.2 Å². The second-order valence-corrected chi connectivity index (χ2v) is 10.7. The Labute approximate surface area is 211 Å². The van der Waals surface area contributed by atoms with E-state index in [9.17, 15) is 13.0 Å². The summed E-state index contributed by atoms with van der Waals surface area (Å²) in [7, 11) is -4.34. The van der Waals surface area contributed by atoms with Crippen molar-refractivity contribution in [2.75, 3.05) is 5.73 Å². The van der Waals surface area contributed by atoms with Crippen LogP contribution in [0.25, 0.3) is 26.7 Å².